The summed E-state index contributed by atoms with van der Waals surface area (Å²) in [4.78, 5) is 72.6. The molecule has 0 saturated carbocycles. The zero-order valence-corrected chi connectivity index (χ0v) is 62.5. The van der Waals surface area contributed by atoms with E-state index in [1.165, 1.54) is 186 Å². The third-order valence-electron chi connectivity index (χ3n) is 17.9. The number of rotatable bonds is 72. The van der Waals surface area contributed by atoms with Crippen molar-refractivity contribution >= 4 is 39.5 Å². The predicted octanol–water partition coefficient (Wildman–Crippen LogP) is 21.4. The summed E-state index contributed by atoms with van der Waals surface area (Å²) in [5, 5.41) is 10.6. The number of aliphatic hydroxyl groups is 1. The number of carbonyl (C=O) groups is 4. The number of ether oxygens (including phenoxy) is 4. The van der Waals surface area contributed by atoms with Crippen molar-refractivity contribution in [3.63, 3.8) is 0 Å². The molecule has 0 aliphatic heterocycles. The van der Waals surface area contributed by atoms with E-state index in [9.17, 15) is 43.2 Å². The van der Waals surface area contributed by atoms with Gasteiger partial charge < -0.3 is 33.8 Å². The minimum Gasteiger partial charge on any atom is -0.462 e. The van der Waals surface area contributed by atoms with Crippen LogP contribution in [0.1, 0.15) is 376 Å². The lowest BCUT2D eigenvalue weighted by molar-refractivity contribution is -0.161. The molecule has 0 saturated heterocycles. The van der Waals surface area contributed by atoms with Crippen molar-refractivity contribution in [2.75, 3.05) is 39.6 Å². The molecule has 0 aromatic rings. The van der Waals surface area contributed by atoms with Crippen LogP contribution < -0.4 is 0 Å². The van der Waals surface area contributed by atoms with Crippen LogP contribution in [0.3, 0.4) is 0 Å². The van der Waals surface area contributed by atoms with Crippen LogP contribution in [0, 0.1) is 17.8 Å². The smallest absolute Gasteiger partial charge is 0.462 e. The summed E-state index contributed by atoms with van der Waals surface area (Å²) in [6.07, 6.45) is 49.9. The second-order valence-corrected chi connectivity index (χ2v) is 30.6. The van der Waals surface area contributed by atoms with Gasteiger partial charge in [0.2, 0.25) is 0 Å². The lowest BCUT2D eigenvalue weighted by atomic mass is 9.99. The maximum atomic E-state index is 13.1. The number of esters is 4. The zero-order valence-electron chi connectivity index (χ0n) is 60.7. The molecule has 0 radical (unpaired) electrons. The Balaban J connectivity index is 5.22. The van der Waals surface area contributed by atoms with E-state index in [-0.39, 0.29) is 25.7 Å². The van der Waals surface area contributed by atoms with Gasteiger partial charge in [0.25, 0.3) is 0 Å². The Morgan fingerprint density at radius 2 is 0.548 bits per heavy atom. The van der Waals surface area contributed by atoms with Crippen LogP contribution in [0.5, 0.6) is 0 Å². The van der Waals surface area contributed by atoms with Crippen molar-refractivity contribution in [3.05, 3.63) is 0 Å². The standard InChI is InChI=1S/C74H144O17P2/c1-8-11-12-13-14-26-33-41-48-55-71(76)84-62-70(91-74(79)58-51-44-37-36-40-47-54-67(7)10-3)64-89-93(82,83)87-60-68(75)59-86-92(80,81)88-63-69(61-85-72(77)56-49-42-34-29-24-21-17-18-22-27-31-38-45-52-65(4)5)90-73(78)57-50-43-35-30-25-20-16-15-19-23-28-32-39-46-53-66(6)9-2/h65-70,75H,8-64H2,1-7H3,(H,80,81)(H,82,83)/t66?,67?,68-,69-,70-/m1/s1. The Bertz CT molecular complexity index is 1820. The summed E-state index contributed by atoms with van der Waals surface area (Å²) in [7, 11) is -9.91. The molecule has 0 aliphatic carbocycles. The van der Waals surface area contributed by atoms with Gasteiger partial charge in [0.05, 0.1) is 26.4 Å². The van der Waals surface area contributed by atoms with Gasteiger partial charge in [-0.05, 0) is 43.4 Å². The quantitative estimate of drug-likeness (QED) is 0.0222. The van der Waals surface area contributed by atoms with Crippen molar-refractivity contribution in [3.8, 4) is 0 Å². The highest BCUT2D eigenvalue weighted by atomic mass is 31.2. The van der Waals surface area contributed by atoms with Crippen molar-refractivity contribution in [1.29, 1.82) is 0 Å². The second kappa shape index (κ2) is 64.7. The van der Waals surface area contributed by atoms with Crippen LogP contribution in [0.4, 0.5) is 0 Å². The molecule has 4 unspecified atom stereocenters. The first-order valence-corrected chi connectivity index (χ1v) is 41.4. The van der Waals surface area contributed by atoms with Gasteiger partial charge in [-0.25, -0.2) is 9.13 Å². The van der Waals surface area contributed by atoms with Gasteiger partial charge in [-0.15, -0.1) is 0 Å². The topological polar surface area (TPSA) is 237 Å². The fourth-order valence-electron chi connectivity index (χ4n) is 11.2. The van der Waals surface area contributed by atoms with E-state index in [1.807, 2.05) is 0 Å². The molecule has 0 aromatic heterocycles. The molecule has 3 N–H and O–H groups in total. The Morgan fingerprint density at radius 1 is 0.312 bits per heavy atom. The molecular formula is C74H144O17P2. The molecule has 0 aromatic carbocycles. The number of hydrogen-bond acceptors (Lipinski definition) is 15. The van der Waals surface area contributed by atoms with Gasteiger partial charge in [-0.2, -0.15) is 0 Å². The van der Waals surface area contributed by atoms with Gasteiger partial charge in [-0.1, -0.05) is 325 Å². The molecule has 17 nitrogen and oxygen atoms in total. The van der Waals surface area contributed by atoms with Crippen molar-refractivity contribution in [2.24, 2.45) is 17.8 Å². The average Bonchev–Trinajstić information content (AvgIpc) is 2.24. The summed E-state index contributed by atoms with van der Waals surface area (Å²) < 4.78 is 68.4. The minimum absolute atomic E-state index is 0.103. The molecule has 7 atom stereocenters. The normalized spacial score (nSPS) is 14.7. The van der Waals surface area contributed by atoms with E-state index in [0.717, 1.165) is 108 Å². The van der Waals surface area contributed by atoms with Crippen molar-refractivity contribution in [2.45, 2.75) is 394 Å². The molecule has 0 amide bonds. The third-order valence-corrected chi connectivity index (χ3v) is 19.8. The van der Waals surface area contributed by atoms with Crippen LogP contribution in [0.2, 0.25) is 0 Å². The first kappa shape index (κ1) is 91.1. The first-order chi connectivity index (χ1) is 44.8. The summed E-state index contributed by atoms with van der Waals surface area (Å²) in [6, 6.07) is 0. The van der Waals surface area contributed by atoms with E-state index < -0.39 is 97.5 Å². The van der Waals surface area contributed by atoms with Gasteiger partial charge in [0.15, 0.2) is 12.2 Å². The fraction of sp³-hybridized carbons (Fsp3) is 0.946. The Kier molecular flexibility index (Phi) is 63.4. The number of hydrogen-bond donors (Lipinski definition) is 3. The number of phosphoric acid groups is 2. The van der Waals surface area contributed by atoms with Crippen molar-refractivity contribution in [1.82, 2.24) is 0 Å². The highest BCUT2D eigenvalue weighted by molar-refractivity contribution is 7.47. The number of unbranched alkanes of at least 4 members (excludes halogenated alkanes) is 38. The molecule has 0 rings (SSSR count). The Morgan fingerprint density at radius 3 is 0.817 bits per heavy atom. The number of aliphatic hydroxyl groups excluding tert-OH is 1. The van der Waals surface area contributed by atoms with Crippen LogP contribution >= 0.6 is 15.6 Å². The number of phosphoric ester groups is 2. The maximum Gasteiger partial charge on any atom is 0.472 e. The SMILES string of the molecule is CCCCCCCCCCCC(=O)OC[C@H](COP(=O)(O)OC[C@H](O)COP(=O)(O)OC[C@@H](COC(=O)CCCCCCCCCCCCCCCC(C)C)OC(=O)CCCCCCCCCCCCCCCCC(C)CC)OC(=O)CCCCCCCCC(C)CC. The highest BCUT2D eigenvalue weighted by Crippen LogP contribution is 2.45. The summed E-state index contributed by atoms with van der Waals surface area (Å²) in [6.45, 7) is 11.9. The number of carbonyl (C=O) groups excluding carboxylic acids is 4. The van der Waals surface area contributed by atoms with Gasteiger partial charge in [0.1, 0.15) is 19.3 Å². The molecule has 0 aliphatic rings. The summed E-state index contributed by atoms with van der Waals surface area (Å²) in [5.41, 5.74) is 0. The highest BCUT2D eigenvalue weighted by Gasteiger charge is 2.30. The molecule has 0 heterocycles. The van der Waals surface area contributed by atoms with Gasteiger partial charge >= 0.3 is 39.5 Å². The van der Waals surface area contributed by atoms with Crippen LogP contribution in [0.15, 0.2) is 0 Å². The molecular weight excluding hydrogens is 1220 g/mol. The van der Waals surface area contributed by atoms with E-state index >= 15 is 0 Å². The van der Waals surface area contributed by atoms with Crippen LogP contribution in [-0.4, -0.2) is 96.7 Å². The Hall–Kier alpha value is -1.94. The van der Waals surface area contributed by atoms with E-state index in [0.29, 0.717) is 25.7 Å². The lowest BCUT2D eigenvalue weighted by Gasteiger charge is -2.21. The average molecular weight is 1370 g/mol. The van der Waals surface area contributed by atoms with E-state index in [2.05, 4.69) is 48.5 Å². The molecule has 0 bridgehead atoms. The Labute approximate surface area is 568 Å². The molecule has 19 heteroatoms. The summed E-state index contributed by atoms with van der Waals surface area (Å²) in [5.74, 6) is 0.233. The monoisotopic (exact) mass is 1370 g/mol. The molecule has 93 heavy (non-hydrogen) atoms. The minimum atomic E-state index is -4.96. The lowest BCUT2D eigenvalue weighted by Crippen LogP contribution is -2.30. The third kappa shape index (κ3) is 65.8. The van der Waals surface area contributed by atoms with Crippen LogP contribution in [-0.2, 0) is 65.4 Å². The second-order valence-electron chi connectivity index (χ2n) is 27.6. The maximum absolute atomic E-state index is 13.1. The summed E-state index contributed by atoms with van der Waals surface area (Å²) >= 11 is 0. The largest absolute Gasteiger partial charge is 0.472 e. The van der Waals surface area contributed by atoms with Crippen molar-refractivity contribution < 1.29 is 80.2 Å². The fourth-order valence-corrected chi connectivity index (χ4v) is 12.8. The molecule has 0 fully saturated rings. The van der Waals surface area contributed by atoms with Gasteiger partial charge in [0, 0.05) is 25.7 Å². The van der Waals surface area contributed by atoms with E-state index in [1.54, 1.807) is 0 Å². The predicted molar refractivity (Wildman–Crippen MR) is 377 cm³/mol. The zero-order chi connectivity index (χ0) is 68.7. The molecule has 552 valence electrons. The first-order valence-electron chi connectivity index (χ1n) is 38.4. The van der Waals surface area contributed by atoms with E-state index in [4.69, 9.17) is 37.0 Å². The molecule has 0 spiro atoms. The van der Waals surface area contributed by atoms with Crippen LogP contribution in [0.25, 0.3) is 0 Å². The van der Waals surface area contributed by atoms with Gasteiger partial charge in [-0.3, -0.25) is 37.3 Å².